The van der Waals surface area contributed by atoms with Crippen LogP contribution in [0.5, 0.6) is 0 Å². The molecule has 2 rings (SSSR count). The van der Waals surface area contributed by atoms with Gasteiger partial charge in [-0.1, -0.05) is 35.9 Å². The number of halogens is 1. The summed E-state index contributed by atoms with van der Waals surface area (Å²) in [5.41, 5.74) is 8.05. The van der Waals surface area contributed by atoms with E-state index in [-0.39, 0.29) is 0 Å². The minimum absolute atomic E-state index is 0.379. The molecule has 0 radical (unpaired) electrons. The van der Waals surface area contributed by atoms with Crippen LogP contribution in [0.1, 0.15) is 22.3 Å². The first-order chi connectivity index (χ1) is 11.2. The van der Waals surface area contributed by atoms with E-state index in [4.69, 9.17) is 5.73 Å². The number of aryl methyl sites for hydroxylation is 2. The second-order valence-corrected chi connectivity index (χ2v) is 7.58. The van der Waals surface area contributed by atoms with Crippen LogP contribution >= 0.6 is 0 Å². The molecule has 2 N–H and O–H groups in total. The van der Waals surface area contributed by atoms with Gasteiger partial charge >= 0.3 is 0 Å². The fourth-order valence-electron chi connectivity index (χ4n) is 2.25. The maximum absolute atomic E-state index is 12.9. The fourth-order valence-corrected chi connectivity index (χ4v) is 3.65. The van der Waals surface area contributed by atoms with Crippen LogP contribution in [0, 0.1) is 19.7 Å². The Hall–Kier alpha value is -2.47. The molecule has 24 heavy (non-hydrogen) atoms. The highest BCUT2D eigenvalue weighted by Gasteiger charge is 2.24. The predicted octanol–water partition coefficient (Wildman–Crippen LogP) is 2.88. The van der Waals surface area contributed by atoms with E-state index >= 15 is 0 Å². The molecule has 0 heterocycles. The van der Waals surface area contributed by atoms with Gasteiger partial charge in [0, 0.05) is 0 Å². The van der Waals surface area contributed by atoms with Crippen molar-refractivity contribution in [3.8, 4) is 0 Å². The Bertz CT molecular complexity index is 900. The van der Waals surface area contributed by atoms with Crippen molar-refractivity contribution >= 4 is 21.8 Å². The molecule has 0 saturated carbocycles. The van der Waals surface area contributed by atoms with Gasteiger partial charge in [-0.05, 0) is 48.7 Å². The van der Waals surface area contributed by atoms with E-state index in [0.29, 0.717) is 11.1 Å². The molecule has 0 aliphatic heterocycles. The van der Waals surface area contributed by atoms with Gasteiger partial charge in [0.05, 0.1) is 5.75 Å². The van der Waals surface area contributed by atoms with E-state index in [1.807, 2.05) is 26.0 Å². The molecule has 0 aromatic heterocycles. The minimum atomic E-state index is -3.95. The molecule has 0 bridgehead atoms. The van der Waals surface area contributed by atoms with Gasteiger partial charge in [0.1, 0.15) is 10.7 Å². The quantitative estimate of drug-likeness (QED) is 0.845. The molecule has 2 aromatic rings. The Morgan fingerprint density at radius 3 is 2.33 bits per heavy atom. The molecule has 0 saturated heterocycles. The fraction of sp³-hybridized carbons (Fsp3) is 0.167. The molecule has 0 unspecified atom stereocenters. The highest BCUT2D eigenvalue weighted by Crippen LogP contribution is 2.20. The third kappa shape index (κ3) is 4.29. The zero-order valence-electron chi connectivity index (χ0n) is 13.4. The average Bonchev–Trinajstić information content (AvgIpc) is 2.49. The minimum Gasteiger partial charge on any atom is -0.365 e. The number of benzene rings is 2. The van der Waals surface area contributed by atoms with Crippen LogP contribution in [0.2, 0.25) is 0 Å². The topological polar surface area (TPSA) is 77.2 Å². The zero-order chi connectivity index (χ0) is 17.9. The van der Waals surface area contributed by atoms with Gasteiger partial charge in [0.2, 0.25) is 0 Å². The second kappa shape index (κ2) is 6.97. The van der Waals surface area contributed by atoms with E-state index in [1.54, 1.807) is 6.07 Å². The van der Waals surface area contributed by atoms with E-state index in [1.165, 1.54) is 30.3 Å². The van der Waals surface area contributed by atoms with Crippen LogP contribution in [0.3, 0.4) is 0 Å². The van der Waals surface area contributed by atoms with E-state index < -0.39 is 32.2 Å². The van der Waals surface area contributed by atoms with Crippen LogP contribution in [-0.4, -0.2) is 14.3 Å². The number of hydrogen-bond acceptors (Lipinski definition) is 3. The maximum Gasteiger partial charge on any atom is 0.260 e. The monoisotopic (exact) mass is 347 g/mol. The summed E-state index contributed by atoms with van der Waals surface area (Å²) in [6.45, 7) is 3.68. The first-order valence-corrected chi connectivity index (χ1v) is 8.90. The Morgan fingerprint density at radius 1 is 1.12 bits per heavy atom. The first kappa shape index (κ1) is 17.9. The standard InChI is InChI=1S/C18H18FNO3S/c1-12-3-4-13(2)15(9-12)10-17(18(20)21)24(22,23)11-14-5-7-16(19)8-6-14/h3-10H,11H2,1-2H3,(H2,20,21)/b17-10-. The van der Waals surface area contributed by atoms with Gasteiger partial charge in [-0.15, -0.1) is 0 Å². The molecule has 0 atom stereocenters. The number of sulfone groups is 1. The number of amides is 1. The highest BCUT2D eigenvalue weighted by molar-refractivity contribution is 7.95. The summed E-state index contributed by atoms with van der Waals surface area (Å²) in [6, 6.07) is 10.6. The molecule has 1 amide bonds. The number of rotatable bonds is 5. The Morgan fingerprint density at radius 2 is 1.75 bits per heavy atom. The summed E-state index contributed by atoms with van der Waals surface area (Å²) in [5, 5.41) is 0. The Labute approximate surface area is 140 Å². The predicted molar refractivity (Wildman–Crippen MR) is 92.1 cm³/mol. The summed E-state index contributed by atoms with van der Waals surface area (Å²) >= 11 is 0. The van der Waals surface area contributed by atoms with E-state index in [0.717, 1.165) is 11.1 Å². The van der Waals surface area contributed by atoms with Gasteiger partial charge in [0.25, 0.3) is 5.91 Å². The summed E-state index contributed by atoms with van der Waals surface area (Å²) in [5.74, 6) is -1.90. The van der Waals surface area contributed by atoms with Crippen LogP contribution < -0.4 is 5.73 Å². The number of nitrogens with two attached hydrogens (primary N) is 1. The zero-order valence-corrected chi connectivity index (χ0v) is 14.2. The molecule has 2 aromatic carbocycles. The van der Waals surface area contributed by atoms with Crippen molar-refractivity contribution in [1.29, 1.82) is 0 Å². The summed E-state index contributed by atoms with van der Waals surface area (Å²) < 4.78 is 38.1. The molecule has 6 heteroatoms. The molecule has 0 aliphatic carbocycles. The second-order valence-electron chi connectivity index (χ2n) is 5.62. The summed E-state index contributed by atoms with van der Waals surface area (Å²) in [6.07, 6.45) is 1.30. The number of carbonyl (C=O) groups is 1. The maximum atomic E-state index is 12.9. The largest absolute Gasteiger partial charge is 0.365 e. The SMILES string of the molecule is Cc1ccc(C)c(/C=C(/C(N)=O)S(=O)(=O)Cc2ccc(F)cc2)c1. The lowest BCUT2D eigenvalue weighted by molar-refractivity contribution is -0.113. The van der Waals surface area contributed by atoms with Gasteiger partial charge in [-0.3, -0.25) is 4.79 Å². The van der Waals surface area contributed by atoms with Crippen molar-refractivity contribution in [3.63, 3.8) is 0 Å². The molecular weight excluding hydrogens is 329 g/mol. The normalized spacial score (nSPS) is 12.2. The molecule has 4 nitrogen and oxygen atoms in total. The lowest BCUT2D eigenvalue weighted by Crippen LogP contribution is -2.22. The smallest absolute Gasteiger partial charge is 0.260 e. The van der Waals surface area contributed by atoms with Gasteiger partial charge < -0.3 is 5.73 Å². The van der Waals surface area contributed by atoms with Crippen molar-refractivity contribution in [1.82, 2.24) is 0 Å². The Balaban J connectivity index is 2.45. The van der Waals surface area contributed by atoms with E-state index in [9.17, 15) is 17.6 Å². The highest BCUT2D eigenvalue weighted by atomic mass is 32.2. The number of primary amides is 1. The Kier molecular flexibility index (Phi) is 5.19. The van der Waals surface area contributed by atoms with Crippen LogP contribution in [0.15, 0.2) is 47.4 Å². The molecule has 0 spiro atoms. The van der Waals surface area contributed by atoms with E-state index in [2.05, 4.69) is 0 Å². The first-order valence-electron chi connectivity index (χ1n) is 7.25. The molecule has 0 fully saturated rings. The van der Waals surface area contributed by atoms with Gasteiger partial charge in [-0.2, -0.15) is 0 Å². The van der Waals surface area contributed by atoms with Crippen LogP contribution in [-0.2, 0) is 20.4 Å². The molecule has 126 valence electrons. The summed E-state index contributed by atoms with van der Waals surface area (Å²) in [4.78, 5) is 11.2. The lowest BCUT2D eigenvalue weighted by atomic mass is 10.1. The third-order valence-corrected chi connectivity index (χ3v) is 5.27. The van der Waals surface area contributed by atoms with Crippen LogP contribution in [0.25, 0.3) is 6.08 Å². The van der Waals surface area contributed by atoms with Crippen LogP contribution in [0.4, 0.5) is 4.39 Å². The van der Waals surface area contributed by atoms with Crippen molar-refractivity contribution in [3.05, 3.63) is 75.4 Å². The lowest BCUT2D eigenvalue weighted by Gasteiger charge is -2.08. The van der Waals surface area contributed by atoms with Crippen molar-refractivity contribution < 1.29 is 17.6 Å². The van der Waals surface area contributed by atoms with Crippen molar-refractivity contribution in [2.45, 2.75) is 19.6 Å². The number of hydrogen-bond donors (Lipinski definition) is 1. The van der Waals surface area contributed by atoms with Crippen molar-refractivity contribution in [2.24, 2.45) is 5.73 Å². The molecule has 0 aliphatic rings. The third-order valence-electron chi connectivity index (χ3n) is 3.57. The number of carbonyl (C=O) groups excluding carboxylic acids is 1. The average molecular weight is 347 g/mol. The van der Waals surface area contributed by atoms with Gasteiger partial charge in [0.15, 0.2) is 9.84 Å². The molecular formula is C18H18FNO3S. The van der Waals surface area contributed by atoms with Gasteiger partial charge in [-0.25, -0.2) is 12.8 Å². The summed E-state index contributed by atoms with van der Waals surface area (Å²) in [7, 11) is -3.95. The van der Waals surface area contributed by atoms with Crippen molar-refractivity contribution in [2.75, 3.05) is 0 Å².